The summed E-state index contributed by atoms with van der Waals surface area (Å²) in [7, 11) is 0. The molecule has 1 aliphatic rings. The minimum atomic E-state index is -0.259. The molecule has 2 aromatic carbocycles. The number of carbonyl (C=O) groups excluding carboxylic acids is 1. The van der Waals surface area contributed by atoms with Gasteiger partial charge in [0.05, 0.1) is 6.04 Å². The van der Waals surface area contributed by atoms with Crippen molar-refractivity contribution < 1.29 is 9.18 Å². The van der Waals surface area contributed by atoms with Crippen molar-refractivity contribution in [3.05, 3.63) is 66.0 Å². The van der Waals surface area contributed by atoms with Crippen LogP contribution in [0.3, 0.4) is 0 Å². The van der Waals surface area contributed by atoms with Crippen LogP contribution >= 0.6 is 24.2 Å². The van der Waals surface area contributed by atoms with Crippen LogP contribution in [-0.2, 0) is 4.79 Å². The van der Waals surface area contributed by atoms with Crippen molar-refractivity contribution in [1.29, 1.82) is 0 Å². The van der Waals surface area contributed by atoms with Gasteiger partial charge in [0.2, 0.25) is 5.91 Å². The van der Waals surface area contributed by atoms with Gasteiger partial charge in [0.1, 0.15) is 5.82 Å². The number of hydrogen-bond donors (Lipinski definition) is 1. The van der Waals surface area contributed by atoms with E-state index in [1.165, 1.54) is 17.0 Å². The Morgan fingerprint density at radius 2 is 2.00 bits per heavy atom. The van der Waals surface area contributed by atoms with E-state index in [1.54, 1.807) is 17.8 Å². The number of benzene rings is 2. The maximum Gasteiger partial charge on any atom is 0.224 e. The maximum absolute atomic E-state index is 13.5. The van der Waals surface area contributed by atoms with Crippen molar-refractivity contribution in [3.8, 4) is 0 Å². The number of nitrogens with one attached hydrogen (secondary N) is 1. The van der Waals surface area contributed by atoms with Crippen LogP contribution in [0.15, 0.2) is 59.5 Å². The summed E-state index contributed by atoms with van der Waals surface area (Å²) < 4.78 is 13.5. The number of hydrogen-bond acceptors (Lipinski definition) is 3. The molecular formula is C19H22ClFN2OS. The molecule has 134 valence electrons. The molecule has 0 bridgehead atoms. The zero-order valence-electron chi connectivity index (χ0n) is 13.9. The van der Waals surface area contributed by atoms with Gasteiger partial charge in [0, 0.05) is 36.7 Å². The molecule has 0 spiro atoms. The topological polar surface area (TPSA) is 32.3 Å². The average Bonchev–Trinajstić information content (AvgIpc) is 2.62. The molecular weight excluding hydrogens is 359 g/mol. The van der Waals surface area contributed by atoms with E-state index in [9.17, 15) is 9.18 Å². The van der Waals surface area contributed by atoms with E-state index in [-0.39, 0.29) is 30.2 Å². The van der Waals surface area contributed by atoms with E-state index in [2.05, 4.69) is 17.4 Å². The summed E-state index contributed by atoms with van der Waals surface area (Å²) in [4.78, 5) is 15.7. The highest BCUT2D eigenvalue weighted by Gasteiger charge is 2.27. The standard InChI is InChI=1S/C19H21FN2OS.ClH/c20-16-6-4-5-15(13-16)18-14-21-10-11-22(18)19(23)9-12-24-17-7-2-1-3-8-17;/h1-8,13,18,21H,9-12,14H2;1H. The fourth-order valence-corrected chi connectivity index (χ4v) is 3.79. The highest BCUT2D eigenvalue weighted by atomic mass is 35.5. The summed E-state index contributed by atoms with van der Waals surface area (Å²) >= 11 is 1.69. The zero-order chi connectivity index (χ0) is 16.8. The predicted octanol–water partition coefficient (Wildman–Crippen LogP) is 3.90. The molecule has 1 unspecified atom stereocenters. The summed E-state index contributed by atoms with van der Waals surface area (Å²) in [5, 5.41) is 3.30. The Balaban J connectivity index is 0.00000225. The van der Waals surface area contributed by atoms with Gasteiger partial charge >= 0.3 is 0 Å². The van der Waals surface area contributed by atoms with Gasteiger partial charge in [-0.15, -0.1) is 24.2 Å². The first-order chi connectivity index (χ1) is 11.7. The first-order valence-electron chi connectivity index (χ1n) is 8.17. The van der Waals surface area contributed by atoms with Crippen LogP contribution in [0.1, 0.15) is 18.0 Å². The van der Waals surface area contributed by atoms with Crippen molar-refractivity contribution in [2.75, 3.05) is 25.4 Å². The van der Waals surface area contributed by atoms with Crippen molar-refractivity contribution >= 4 is 30.1 Å². The van der Waals surface area contributed by atoms with Gasteiger partial charge in [0.15, 0.2) is 0 Å². The van der Waals surface area contributed by atoms with Gasteiger partial charge in [-0.1, -0.05) is 30.3 Å². The first-order valence-corrected chi connectivity index (χ1v) is 9.16. The van der Waals surface area contributed by atoms with Gasteiger partial charge < -0.3 is 10.2 Å². The Hall–Kier alpha value is -1.56. The molecule has 1 amide bonds. The van der Waals surface area contributed by atoms with Gasteiger partial charge in [-0.3, -0.25) is 4.79 Å². The molecule has 1 saturated heterocycles. The number of piperazine rings is 1. The Morgan fingerprint density at radius 3 is 2.76 bits per heavy atom. The Labute approximate surface area is 158 Å². The first kappa shape index (κ1) is 19.8. The SMILES string of the molecule is Cl.O=C(CCSc1ccccc1)N1CCNCC1c1cccc(F)c1. The zero-order valence-corrected chi connectivity index (χ0v) is 15.5. The molecule has 0 aromatic heterocycles. The Bertz CT molecular complexity index is 686. The normalized spacial score (nSPS) is 17.0. The smallest absolute Gasteiger partial charge is 0.224 e. The molecule has 25 heavy (non-hydrogen) atoms. The molecule has 1 heterocycles. The number of nitrogens with zero attached hydrogens (tertiary/aromatic N) is 1. The molecule has 0 aliphatic carbocycles. The molecule has 1 aliphatic heterocycles. The third-order valence-corrected chi connectivity index (χ3v) is 5.14. The lowest BCUT2D eigenvalue weighted by molar-refractivity contribution is -0.134. The van der Waals surface area contributed by atoms with E-state index >= 15 is 0 Å². The van der Waals surface area contributed by atoms with E-state index < -0.39 is 0 Å². The molecule has 1 N–H and O–H groups in total. The molecule has 0 saturated carbocycles. The fourth-order valence-electron chi connectivity index (χ4n) is 2.93. The predicted molar refractivity (Wildman–Crippen MR) is 103 cm³/mol. The van der Waals surface area contributed by atoms with Crippen LogP contribution in [0.4, 0.5) is 4.39 Å². The van der Waals surface area contributed by atoms with Crippen LogP contribution in [0, 0.1) is 5.82 Å². The van der Waals surface area contributed by atoms with Crippen LogP contribution in [0.5, 0.6) is 0 Å². The van der Waals surface area contributed by atoms with Crippen molar-refractivity contribution in [2.24, 2.45) is 0 Å². The van der Waals surface area contributed by atoms with Crippen molar-refractivity contribution in [2.45, 2.75) is 17.4 Å². The van der Waals surface area contributed by atoms with Gasteiger partial charge in [-0.2, -0.15) is 0 Å². The Morgan fingerprint density at radius 1 is 1.20 bits per heavy atom. The lowest BCUT2D eigenvalue weighted by Crippen LogP contribution is -2.48. The highest BCUT2D eigenvalue weighted by Crippen LogP contribution is 2.25. The van der Waals surface area contributed by atoms with Crippen molar-refractivity contribution in [3.63, 3.8) is 0 Å². The summed E-state index contributed by atoms with van der Waals surface area (Å²) in [5.41, 5.74) is 0.853. The third-order valence-electron chi connectivity index (χ3n) is 4.13. The summed E-state index contributed by atoms with van der Waals surface area (Å²) in [6, 6.07) is 16.5. The van der Waals surface area contributed by atoms with Crippen LogP contribution < -0.4 is 5.32 Å². The molecule has 1 atom stereocenters. The minimum absolute atomic E-state index is 0. The Kier molecular flexibility index (Phi) is 7.75. The summed E-state index contributed by atoms with van der Waals surface area (Å²) in [6.07, 6.45) is 0.491. The van der Waals surface area contributed by atoms with Gasteiger partial charge in [0.25, 0.3) is 0 Å². The molecule has 2 aromatic rings. The van der Waals surface area contributed by atoms with E-state index in [0.717, 1.165) is 17.9 Å². The molecule has 3 nitrogen and oxygen atoms in total. The van der Waals surface area contributed by atoms with Gasteiger partial charge in [-0.25, -0.2) is 4.39 Å². The summed E-state index contributed by atoms with van der Waals surface area (Å²) in [6.45, 7) is 2.11. The lowest BCUT2D eigenvalue weighted by Gasteiger charge is -2.36. The largest absolute Gasteiger partial charge is 0.333 e. The van der Waals surface area contributed by atoms with Crippen LogP contribution in [0.2, 0.25) is 0 Å². The van der Waals surface area contributed by atoms with Crippen molar-refractivity contribution in [1.82, 2.24) is 10.2 Å². The second-order valence-corrected chi connectivity index (χ2v) is 6.94. The second-order valence-electron chi connectivity index (χ2n) is 5.77. The van der Waals surface area contributed by atoms with E-state index in [0.29, 0.717) is 19.5 Å². The summed E-state index contributed by atoms with van der Waals surface area (Å²) in [5.74, 6) is 0.627. The molecule has 0 radical (unpaired) electrons. The quantitative estimate of drug-likeness (QED) is 0.798. The number of thioether (sulfide) groups is 1. The minimum Gasteiger partial charge on any atom is -0.333 e. The number of rotatable bonds is 5. The lowest BCUT2D eigenvalue weighted by atomic mass is 10.0. The van der Waals surface area contributed by atoms with E-state index in [4.69, 9.17) is 0 Å². The fraction of sp³-hybridized carbons (Fsp3) is 0.316. The van der Waals surface area contributed by atoms with Crippen LogP contribution in [-0.4, -0.2) is 36.2 Å². The second kappa shape index (κ2) is 9.80. The molecule has 3 rings (SSSR count). The number of amides is 1. The monoisotopic (exact) mass is 380 g/mol. The van der Waals surface area contributed by atoms with Gasteiger partial charge in [-0.05, 0) is 29.8 Å². The average molecular weight is 381 g/mol. The highest BCUT2D eigenvalue weighted by molar-refractivity contribution is 7.99. The van der Waals surface area contributed by atoms with E-state index in [1.807, 2.05) is 29.2 Å². The molecule has 6 heteroatoms. The number of carbonyl (C=O) groups is 1. The third kappa shape index (κ3) is 5.46. The molecule has 1 fully saturated rings. The van der Waals surface area contributed by atoms with Crippen LogP contribution in [0.25, 0.3) is 0 Å². The number of halogens is 2. The maximum atomic E-state index is 13.5.